The molecular weight excluding hydrogens is 442 g/mol. The van der Waals surface area contributed by atoms with Gasteiger partial charge in [-0.05, 0) is 30.6 Å². The molecule has 5 rings (SSSR count). The van der Waals surface area contributed by atoms with Gasteiger partial charge in [-0.15, -0.1) is 0 Å². The molecule has 2 aromatic heterocycles. The molecular formula is C26H35N7O2. The summed E-state index contributed by atoms with van der Waals surface area (Å²) in [5.74, 6) is 1.84. The van der Waals surface area contributed by atoms with Crippen LogP contribution in [0.15, 0.2) is 47.4 Å². The minimum atomic E-state index is 0.277. The van der Waals surface area contributed by atoms with E-state index in [0.717, 1.165) is 91.3 Å². The van der Waals surface area contributed by atoms with E-state index >= 15 is 0 Å². The number of anilines is 2. The molecule has 0 aliphatic carbocycles. The normalized spacial score (nSPS) is 18.2. The van der Waals surface area contributed by atoms with E-state index < -0.39 is 0 Å². The first-order valence-corrected chi connectivity index (χ1v) is 12.5. The summed E-state index contributed by atoms with van der Waals surface area (Å²) in [6, 6.07) is 8.73. The highest BCUT2D eigenvalue weighted by Crippen LogP contribution is 2.33. The van der Waals surface area contributed by atoms with Crippen molar-refractivity contribution in [1.82, 2.24) is 25.2 Å². The molecule has 186 valence electrons. The van der Waals surface area contributed by atoms with E-state index in [1.165, 1.54) is 5.57 Å². The van der Waals surface area contributed by atoms with Crippen LogP contribution in [0.2, 0.25) is 0 Å². The lowest BCUT2D eigenvalue weighted by Crippen LogP contribution is -2.35. The van der Waals surface area contributed by atoms with Gasteiger partial charge in [-0.3, -0.25) is 0 Å². The summed E-state index contributed by atoms with van der Waals surface area (Å²) in [7, 11) is 1.71. The molecule has 1 atom stereocenters. The zero-order chi connectivity index (χ0) is 24.2. The Morgan fingerprint density at radius 3 is 2.97 bits per heavy atom. The monoisotopic (exact) mass is 477 g/mol. The lowest BCUT2D eigenvalue weighted by Gasteiger charge is -2.23. The number of nitrogens with one attached hydrogen (secondary N) is 3. The van der Waals surface area contributed by atoms with Gasteiger partial charge in [0.15, 0.2) is 11.7 Å². The van der Waals surface area contributed by atoms with Crippen LogP contribution >= 0.6 is 0 Å². The van der Waals surface area contributed by atoms with Crippen molar-refractivity contribution >= 4 is 33.7 Å². The van der Waals surface area contributed by atoms with Crippen LogP contribution in [-0.4, -0.2) is 60.5 Å². The molecule has 35 heavy (non-hydrogen) atoms. The van der Waals surface area contributed by atoms with E-state index in [1.807, 2.05) is 6.07 Å². The van der Waals surface area contributed by atoms with Gasteiger partial charge in [0.25, 0.3) is 0 Å². The van der Waals surface area contributed by atoms with Gasteiger partial charge >= 0.3 is 0 Å². The topological polar surface area (TPSA) is 111 Å². The third-order valence-corrected chi connectivity index (χ3v) is 6.67. The Morgan fingerprint density at radius 2 is 2.17 bits per heavy atom. The van der Waals surface area contributed by atoms with Crippen molar-refractivity contribution in [2.24, 2.45) is 0 Å². The van der Waals surface area contributed by atoms with Crippen LogP contribution in [0.3, 0.4) is 0 Å². The van der Waals surface area contributed by atoms with Crippen molar-refractivity contribution in [2.75, 3.05) is 51.0 Å². The zero-order valence-corrected chi connectivity index (χ0v) is 20.6. The van der Waals surface area contributed by atoms with Crippen molar-refractivity contribution in [3.8, 4) is 0 Å². The lowest BCUT2D eigenvalue weighted by atomic mass is 10.1. The Balaban J connectivity index is 1.53. The molecule has 1 fully saturated rings. The Bertz CT molecular complexity index is 1260. The van der Waals surface area contributed by atoms with Crippen LogP contribution in [0.5, 0.6) is 0 Å². The number of fused-ring (bicyclic) bond motifs is 3. The zero-order valence-electron chi connectivity index (χ0n) is 20.6. The highest BCUT2D eigenvalue weighted by molar-refractivity contribution is 6.09. The molecule has 1 saturated heterocycles. The molecule has 1 unspecified atom stereocenters. The van der Waals surface area contributed by atoms with E-state index in [-0.39, 0.29) is 5.95 Å². The number of aromatic nitrogens is 3. The van der Waals surface area contributed by atoms with Crippen LogP contribution in [0.4, 0.5) is 11.8 Å². The van der Waals surface area contributed by atoms with Gasteiger partial charge in [0.2, 0.25) is 5.95 Å². The van der Waals surface area contributed by atoms with Crippen LogP contribution in [0, 0.1) is 0 Å². The molecule has 2 aliphatic heterocycles. The summed E-state index contributed by atoms with van der Waals surface area (Å²) < 4.78 is 13.5. The number of allylic oxidation sites excluding steroid dienone is 2. The third-order valence-electron chi connectivity index (χ3n) is 6.67. The maximum absolute atomic E-state index is 6.12. The number of ether oxygens (including phenoxy) is 2. The minimum absolute atomic E-state index is 0.277. The van der Waals surface area contributed by atoms with Gasteiger partial charge in [0.1, 0.15) is 11.0 Å². The first-order valence-electron chi connectivity index (χ1n) is 12.5. The number of hydrogen-bond donors (Lipinski definition) is 4. The van der Waals surface area contributed by atoms with E-state index in [9.17, 15) is 0 Å². The standard InChI is InChI=1S/C26H35N7O2/c1-3-4-10-28-24-23-22(31-26(27)32-24)20-7-5-6-8-21(20)33(23)15-18-12-17(14-30-25(18)34-2)13-29-19-9-11-35-16-19/h5-8,12,19,29-30H,3-4,9-11,13-16H2,1-2H3,(H3,27,28,31,32). The van der Waals surface area contributed by atoms with Gasteiger partial charge in [-0.25, -0.2) is 4.98 Å². The Labute approximate surface area is 205 Å². The van der Waals surface area contributed by atoms with Gasteiger partial charge < -0.3 is 35.7 Å². The van der Waals surface area contributed by atoms with Crippen molar-refractivity contribution < 1.29 is 9.47 Å². The Hall–Kier alpha value is -3.30. The number of benzene rings is 1. The number of unbranched alkanes of at least 4 members (excludes halogenated alkanes) is 1. The molecule has 0 spiro atoms. The number of hydrogen-bond acceptors (Lipinski definition) is 8. The van der Waals surface area contributed by atoms with Crippen molar-refractivity contribution in [3.05, 3.63) is 47.4 Å². The summed E-state index contributed by atoms with van der Waals surface area (Å²) in [5.41, 5.74) is 11.4. The van der Waals surface area contributed by atoms with E-state index in [0.29, 0.717) is 12.6 Å². The minimum Gasteiger partial charge on any atom is -0.482 e. The molecule has 2 aliphatic rings. The highest BCUT2D eigenvalue weighted by atomic mass is 16.5. The molecule has 0 bridgehead atoms. The molecule has 0 saturated carbocycles. The summed E-state index contributed by atoms with van der Waals surface area (Å²) in [5, 5.41) is 11.6. The molecule has 1 aromatic carbocycles. The summed E-state index contributed by atoms with van der Waals surface area (Å²) in [4.78, 5) is 9.22. The molecule has 3 aromatic rings. The summed E-state index contributed by atoms with van der Waals surface area (Å²) in [6.45, 7) is 6.82. The second-order valence-corrected chi connectivity index (χ2v) is 9.17. The van der Waals surface area contributed by atoms with Crippen molar-refractivity contribution in [3.63, 3.8) is 0 Å². The summed E-state index contributed by atoms with van der Waals surface area (Å²) >= 11 is 0. The number of rotatable bonds is 10. The molecule has 9 nitrogen and oxygen atoms in total. The second kappa shape index (κ2) is 10.5. The van der Waals surface area contributed by atoms with Gasteiger partial charge in [-0.1, -0.05) is 31.5 Å². The maximum atomic E-state index is 6.12. The fraction of sp³-hybridized carbons (Fsp3) is 0.462. The Morgan fingerprint density at radius 1 is 1.29 bits per heavy atom. The first kappa shape index (κ1) is 23.4. The number of nitrogen functional groups attached to an aromatic ring is 1. The van der Waals surface area contributed by atoms with Crippen LogP contribution in [0.25, 0.3) is 21.9 Å². The highest BCUT2D eigenvalue weighted by Gasteiger charge is 2.22. The van der Waals surface area contributed by atoms with Crippen LogP contribution in [-0.2, 0) is 16.0 Å². The summed E-state index contributed by atoms with van der Waals surface area (Å²) in [6.07, 6.45) is 5.47. The quantitative estimate of drug-likeness (QED) is 0.330. The van der Waals surface area contributed by atoms with E-state index in [1.54, 1.807) is 7.11 Å². The average Bonchev–Trinajstić information content (AvgIpc) is 3.50. The maximum Gasteiger partial charge on any atom is 0.222 e. The van der Waals surface area contributed by atoms with E-state index in [4.69, 9.17) is 15.2 Å². The predicted octanol–water partition coefficient (Wildman–Crippen LogP) is 3.14. The van der Waals surface area contributed by atoms with Crippen LogP contribution in [0.1, 0.15) is 26.2 Å². The third kappa shape index (κ3) is 4.92. The second-order valence-electron chi connectivity index (χ2n) is 9.17. The number of nitrogens with zero attached hydrogens (tertiary/aromatic N) is 3. The van der Waals surface area contributed by atoms with Gasteiger partial charge in [0, 0.05) is 43.2 Å². The molecule has 0 amide bonds. The lowest BCUT2D eigenvalue weighted by molar-refractivity contribution is 0.190. The van der Waals surface area contributed by atoms with Gasteiger partial charge in [-0.2, -0.15) is 4.98 Å². The first-order chi connectivity index (χ1) is 17.2. The SMILES string of the molecule is CCCCNc1nc(N)nc2c3ccccc3n(CC3=C(OC)NCC(CNC4CCOC4)=C3)c12. The average molecular weight is 478 g/mol. The number of para-hydroxylation sites is 1. The predicted molar refractivity (Wildman–Crippen MR) is 140 cm³/mol. The molecule has 0 radical (unpaired) electrons. The molecule has 9 heteroatoms. The van der Waals surface area contributed by atoms with Crippen molar-refractivity contribution in [1.29, 1.82) is 0 Å². The van der Waals surface area contributed by atoms with Crippen molar-refractivity contribution in [2.45, 2.75) is 38.8 Å². The van der Waals surface area contributed by atoms with E-state index in [2.05, 4.69) is 61.7 Å². The fourth-order valence-corrected chi connectivity index (χ4v) is 4.86. The smallest absolute Gasteiger partial charge is 0.222 e. The Kier molecular flexibility index (Phi) is 7.06. The molecule has 4 heterocycles. The largest absolute Gasteiger partial charge is 0.482 e. The number of nitrogens with two attached hydrogens (primary N) is 1. The van der Waals surface area contributed by atoms with Gasteiger partial charge in [0.05, 0.1) is 25.8 Å². The number of methoxy groups -OCH3 is 1. The molecule has 5 N–H and O–H groups in total. The van der Waals surface area contributed by atoms with Crippen LogP contribution < -0.4 is 21.7 Å². The fourth-order valence-electron chi connectivity index (χ4n) is 4.86. The number of dihydropyridines is 1.